The molecule has 110 valence electrons. The number of aryl methyl sites for hydroxylation is 1. The fourth-order valence-corrected chi connectivity index (χ4v) is 3.07. The van der Waals surface area contributed by atoms with E-state index in [1.165, 1.54) is 32.1 Å². The first kappa shape index (κ1) is 14.9. The van der Waals surface area contributed by atoms with E-state index in [2.05, 4.69) is 12.2 Å². The molecule has 0 spiro atoms. The molecule has 0 unspecified atom stereocenters. The molecule has 3 N–H and O–H groups in total. The van der Waals surface area contributed by atoms with Gasteiger partial charge in [-0.1, -0.05) is 32.3 Å². The second-order valence-electron chi connectivity index (χ2n) is 6.10. The van der Waals surface area contributed by atoms with Crippen LogP contribution in [0.4, 0.5) is 5.69 Å². The van der Waals surface area contributed by atoms with E-state index in [-0.39, 0.29) is 5.91 Å². The van der Waals surface area contributed by atoms with Crippen LogP contribution in [0.15, 0.2) is 18.2 Å². The Morgan fingerprint density at radius 1 is 1.25 bits per heavy atom. The Morgan fingerprint density at radius 3 is 2.50 bits per heavy atom. The van der Waals surface area contributed by atoms with Gasteiger partial charge in [0.25, 0.3) is 5.91 Å². The molecule has 3 heteroatoms. The summed E-state index contributed by atoms with van der Waals surface area (Å²) in [6.07, 6.45) is 6.39. The largest absolute Gasteiger partial charge is 0.398 e. The summed E-state index contributed by atoms with van der Waals surface area (Å²) >= 11 is 0. The lowest BCUT2D eigenvalue weighted by molar-refractivity contribution is 0.0942. The van der Waals surface area contributed by atoms with Gasteiger partial charge in [-0.2, -0.15) is 0 Å². The van der Waals surface area contributed by atoms with Crippen molar-refractivity contribution >= 4 is 11.6 Å². The number of nitrogens with two attached hydrogens (primary N) is 1. The number of nitrogen functional groups attached to an aromatic ring is 1. The van der Waals surface area contributed by atoms with E-state index in [1.54, 1.807) is 0 Å². The van der Waals surface area contributed by atoms with E-state index < -0.39 is 0 Å². The van der Waals surface area contributed by atoms with E-state index in [0.717, 1.165) is 18.0 Å². The first-order valence-corrected chi connectivity index (χ1v) is 7.74. The van der Waals surface area contributed by atoms with Crippen LogP contribution in [0.5, 0.6) is 0 Å². The summed E-state index contributed by atoms with van der Waals surface area (Å²) < 4.78 is 0. The second kappa shape index (κ2) is 6.78. The minimum atomic E-state index is -0.0416. The highest BCUT2D eigenvalue weighted by atomic mass is 16.1. The van der Waals surface area contributed by atoms with Crippen LogP contribution in [0.2, 0.25) is 0 Å². The van der Waals surface area contributed by atoms with Gasteiger partial charge in [-0.3, -0.25) is 4.79 Å². The highest BCUT2D eigenvalue weighted by molar-refractivity contribution is 5.99. The topological polar surface area (TPSA) is 55.1 Å². The number of rotatable bonds is 4. The molecule has 0 saturated heterocycles. The van der Waals surface area contributed by atoms with Crippen molar-refractivity contribution in [2.45, 2.75) is 46.0 Å². The zero-order valence-corrected chi connectivity index (χ0v) is 12.6. The molecule has 0 heterocycles. The monoisotopic (exact) mass is 274 g/mol. The standard InChI is InChI=1S/C17H26N2O/c1-3-13-5-7-14(8-6-13)11-19-17(20)15-9-4-12(2)10-16(15)18/h4,9-10,13-14H,3,5-8,11,18H2,1-2H3,(H,19,20). The summed E-state index contributed by atoms with van der Waals surface area (Å²) in [7, 11) is 0. The number of anilines is 1. The SMILES string of the molecule is CCC1CCC(CNC(=O)c2ccc(C)cc2N)CC1. The van der Waals surface area contributed by atoms with Crippen LogP contribution in [0, 0.1) is 18.8 Å². The van der Waals surface area contributed by atoms with Gasteiger partial charge < -0.3 is 11.1 Å². The van der Waals surface area contributed by atoms with Crippen LogP contribution in [0.1, 0.15) is 54.9 Å². The molecule has 20 heavy (non-hydrogen) atoms. The number of carbonyl (C=O) groups is 1. The van der Waals surface area contributed by atoms with Gasteiger partial charge in [0.05, 0.1) is 5.56 Å². The van der Waals surface area contributed by atoms with Crippen LogP contribution in [-0.4, -0.2) is 12.5 Å². The summed E-state index contributed by atoms with van der Waals surface area (Å²) in [5, 5.41) is 3.04. The average Bonchev–Trinajstić information content (AvgIpc) is 2.45. The maximum absolute atomic E-state index is 12.1. The molecular weight excluding hydrogens is 248 g/mol. The molecule has 0 aliphatic heterocycles. The Morgan fingerprint density at radius 2 is 1.90 bits per heavy atom. The molecule has 0 atom stereocenters. The number of hydrogen-bond donors (Lipinski definition) is 2. The number of carbonyl (C=O) groups excluding carboxylic acids is 1. The van der Waals surface area contributed by atoms with Crippen molar-refractivity contribution in [1.82, 2.24) is 5.32 Å². The molecule has 1 aromatic rings. The first-order chi connectivity index (χ1) is 9.60. The smallest absolute Gasteiger partial charge is 0.253 e. The van der Waals surface area contributed by atoms with E-state index >= 15 is 0 Å². The summed E-state index contributed by atoms with van der Waals surface area (Å²) in [6.45, 7) is 5.03. The fraction of sp³-hybridized carbons (Fsp3) is 0.588. The van der Waals surface area contributed by atoms with Gasteiger partial charge in [-0.15, -0.1) is 0 Å². The molecular formula is C17H26N2O. The average molecular weight is 274 g/mol. The molecule has 3 nitrogen and oxygen atoms in total. The van der Waals surface area contributed by atoms with Gasteiger partial charge in [-0.05, 0) is 49.3 Å². The second-order valence-corrected chi connectivity index (χ2v) is 6.10. The highest BCUT2D eigenvalue weighted by Crippen LogP contribution is 2.30. The highest BCUT2D eigenvalue weighted by Gasteiger charge is 2.20. The van der Waals surface area contributed by atoms with Crippen molar-refractivity contribution in [1.29, 1.82) is 0 Å². The van der Waals surface area contributed by atoms with Crippen molar-refractivity contribution in [3.63, 3.8) is 0 Å². The van der Waals surface area contributed by atoms with Gasteiger partial charge in [0.2, 0.25) is 0 Å². The lowest BCUT2D eigenvalue weighted by atomic mass is 9.81. The zero-order chi connectivity index (χ0) is 14.5. The van der Waals surface area contributed by atoms with E-state index in [0.29, 0.717) is 17.2 Å². The normalized spacial score (nSPS) is 22.5. The third kappa shape index (κ3) is 3.75. The fourth-order valence-electron chi connectivity index (χ4n) is 3.07. The Kier molecular flexibility index (Phi) is 5.05. The number of amides is 1. The van der Waals surface area contributed by atoms with Crippen molar-refractivity contribution in [3.8, 4) is 0 Å². The molecule has 2 rings (SSSR count). The van der Waals surface area contributed by atoms with Crippen molar-refractivity contribution in [3.05, 3.63) is 29.3 Å². The third-order valence-electron chi connectivity index (χ3n) is 4.55. The molecule has 1 aliphatic carbocycles. The molecule has 1 aliphatic rings. The van der Waals surface area contributed by atoms with E-state index in [4.69, 9.17) is 5.73 Å². The van der Waals surface area contributed by atoms with E-state index in [9.17, 15) is 4.79 Å². The summed E-state index contributed by atoms with van der Waals surface area (Å²) in [5.74, 6) is 1.49. The minimum absolute atomic E-state index is 0.0416. The van der Waals surface area contributed by atoms with Crippen LogP contribution >= 0.6 is 0 Å². The Labute approximate surface area is 121 Å². The number of nitrogens with one attached hydrogen (secondary N) is 1. The number of hydrogen-bond acceptors (Lipinski definition) is 2. The van der Waals surface area contributed by atoms with Gasteiger partial charge in [0.15, 0.2) is 0 Å². The van der Waals surface area contributed by atoms with Crippen LogP contribution in [0.25, 0.3) is 0 Å². The molecule has 0 aromatic heterocycles. The maximum atomic E-state index is 12.1. The minimum Gasteiger partial charge on any atom is -0.398 e. The predicted molar refractivity (Wildman–Crippen MR) is 83.7 cm³/mol. The molecule has 1 saturated carbocycles. The maximum Gasteiger partial charge on any atom is 0.253 e. The van der Waals surface area contributed by atoms with Gasteiger partial charge in [0.1, 0.15) is 0 Å². The lowest BCUT2D eigenvalue weighted by Gasteiger charge is -2.27. The Balaban J connectivity index is 1.83. The molecule has 1 fully saturated rings. The lowest BCUT2D eigenvalue weighted by Crippen LogP contribution is -2.31. The summed E-state index contributed by atoms with van der Waals surface area (Å²) in [5.41, 5.74) is 8.15. The number of benzene rings is 1. The van der Waals surface area contributed by atoms with Crippen molar-refractivity contribution < 1.29 is 4.79 Å². The molecule has 0 bridgehead atoms. The molecule has 1 amide bonds. The third-order valence-corrected chi connectivity index (χ3v) is 4.55. The van der Waals surface area contributed by atoms with Crippen LogP contribution < -0.4 is 11.1 Å². The first-order valence-electron chi connectivity index (χ1n) is 7.74. The summed E-state index contributed by atoms with van der Waals surface area (Å²) in [6, 6.07) is 5.59. The Bertz CT molecular complexity index is 462. The van der Waals surface area contributed by atoms with E-state index in [1.807, 2.05) is 25.1 Å². The van der Waals surface area contributed by atoms with Gasteiger partial charge >= 0.3 is 0 Å². The predicted octanol–water partition coefficient (Wildman–Crippen LogP) is 3.52. The zero-order valence-electron chi connectivity index (χ0n) is 12.6. The quantitative estimate of drug-likeness (QED) is 0.825. The molecule has 0 radical (unpaired) electrons. The van der Waals surface area contributed by atoms with Crippen molar-refractivity contribution in [2.24, 2.45) is 11.8 Å². The van der Waals surface area contributed by atoms with Crippen LogP contribution in [0.3, 0.4) is 0 Å². The van der Waals surface area contributed by atoms with Gasteiger partial charge in [0, 0.05) is 12.2 Å². The van der Waals surface area contributed by atoms with Crippen molar-refractivity contribution in [2.75, 3.05) is 12.3 Å². The Hall–Kier alpha value is -1.51. The summed E-state index contributed by atoms with van der Waals surface area (Å²) in [4.78, 5) is 12.1. The van der Waals surface area contributed by atoms with Gasteiger partial charge in [-0.25, -0.2) is 0 Å². The van der Waals surface area contributed by atoms with Crippen LogP contribution in [-0.2, 0) is 0 Å². The molecule has 1 aromatic carbocycles.